The summed E-state index contributed by atoms with van der Waals surface area (Å²) in [4.78, 5) is 0. The second-order valence-corrected chi connectivity index (χ2v) is 7.44. The monoisotopic (exact) mass is 375 g/mol. The van der Waals surface area contributed by atoms with Crippen LogP contribution < -0.4 is 5.73 Å². The van der Waals surface area contributed by atoms with Gasteiger partial charge in [-0.25, -0.2) is 4.68 Å². The average molecular weight is 376 g/mol. The van der Waals surface area contributed by atoms with Gasteiger partial charge < -0.3 is 10.8 Å². The first kappa shape index (κ1) is 17.8. The highest BCUT2D eigenvalue weighted by atomic mass is 35.5. The molecule has 0 radical (unpaired) electrons. The molecule has 130 valence electrons. The van der Waals surface area contributed by atoms with Crippen LogP contribution in [0.15, 0.2) is 48.5 Å². The molecule has 0 aliphatic rings. The summed E-state index contributed by atoms with van der Waals surface area (Å²) in [5, 5.41) is 15.2. The van der Waals surface area contributed by atoms with Crippen LogP contribution in [-0.4, -0.2) is 14.9 Å². The smallest absolute Gasteiger partial charge is 0.115 e. The number of hydrogen-bond acceptors (Lipinski definition) is 3. The first-order chi connectivity index (χ1) is 11.7. The van der Waals surface area contributed by atoms with Gasteiger partial charge >= 0.3 is 0 Å². The maximum atomic E-state index is 9.46. The van der Waals surface area contributed by atoms with E-state index in [1.54, 1.807) is 28.9 Å². The highest BCUT2D eigenvalue weighted by molar-refractivity contribution is 6.35. The Balaban J connectivity index is 2.09. The highest BCUT2D eigenvalue weighted by Crippen LogP contribution is 2.28. The topological polar surface area (TPSA) is 64.1 Å². The van der Waals surface area contributed by atoms with Gasteiger partial charge in [0.1, 0.15) is 5.75 Å². The van der Waals surface area contributed by atoms with Gasteiger partial charge in [0.05, 0.1) is 21.9 Å². The fourth-order valence-corrected chi connectivity index (χ4v) is 3.03. The number of nitrogens with zero attached hydrogens (tertiary/aromatic N) is 2. The Bertz CT molecular complexity index is 896. The van der Waals surface area contributed by atoms with Gasteiger partial charge in [0.25, 0.3) is 0 Å². The molecule has 0 saturated carbocycles. The van der Waals surface area contributed by atoms with Gasteiger partial charge in [-0.15, -0.1) is 0 Å². The third-order valence-electron chi connectivity index (χ3n) is 3.90. The average Bonchev–Trinajstić information content (AvgIpc) is 2.93. The maximum absolute atomic E-state index is 9.46. The number of rotatable bonds is 4. The van der Waals surface area contributed by atoms with E-state index in [2.05, 4.69) is 5.10 Å². The van der Waals surface area contributed by atoms with Crippen molar-refractivity contribution in [1.29, 1.82) is 0 Å². The van der Waals surface area contributed by atoms with E-state index in [0.29, 0.717) is 16.5 Å². The number of benzene rings is 2. The molecule has 6 heteroatoms. The molecule has 3 aromatic rings. The molecule has 0 amide bonds. The lowest BCUT2D eigenvalue weighted by Gasteiger charge is -2.14. The van der Waals surface area contributed by atoms with Crippen molar-refractivity contribution in [2.24, 2.45) is 5.73 Å². The standard InChI is InChI=1S/C19H19Cl2N3O/c1-19(2,22)18-11-14(9-12-3-6-15(25)7-4-12)24(23-18)17-8-5-13(20)10-16(17)21/h3-8,10-11,25H,9,22H2,1-2H3. The summed E-state index contributed by atoms with van der Waals surface area (Å²) in [5.74, 6) is 0.238. The Morgan fingerprint density at radius 1 is 1.08 bits per heavy atom. The predicted molar refractivity (Wildman–Crippen MR) is 102 cm³/mol. The van der Waals surface area contributed by atoms with Crippen LogP contribution in [0.25, 0.3) is 5.69 Å². The van der Waals surface area contributed by atoms with E-state index in [1.807, 2.05) is 38.1 Å². The van der Waals surface area contributed by atoms with Crippen LogP contribution in [0.1, 0.15) is 30.8 Å². The normalized spacial score (nSPS) is 11.7. The zero-order chi connectivity index (χ0) is 18.2. The summed E-state index contributed by atoms with van der Waals surface area (Å²) in [6, 6.07) is 14.4. The molecule has 0 saturated heterocycles. The number of phenolic OH excluding ortho intramolecular Hbond substituents is 1. The lowest BCUT2D eigenvalue weighted by Crippen LogP contribution is -2.29. The van der Waals surface area contributed by atoms with Crippen LogP contribution in [0, 0.1) is 0 Å². The molecule has 0 fully saturated rings. The van der Waals surface area contributed by atoms with E-state index in [4.69, 9.17) is 28.9 Å². The number of aromatic nitrogens is 2. The lowest BCUT2D eigenvalue weighted by atomic mass is 10.0. The Hall–Kier alpha value is -2.01. The molecule has 0 atom stereocenters. The van der Waals surface area contributed by atoms with Crippen molar-refractivity contribution in [3.05, 3.63) is 75.5 Å². The second kappa shape index (κ2) is 6.71. The SMILES string of the molecule is CC(C)(N)c1cc(Cc2ccc(O)cc2)n(-c2ccc(Cl)cc2Cl)n1. The molecule has 0 aliphatic heterocycles. The summed E-state index contributed by atoms with van der Waals surface area (Å²) < 4.78 is 1.80. The van der Waals surface area contributed by atoms with Gasteiger partial charge in [-0.3, -0.25) is 0 Å². The van der Waals surface area contributed by atoms with Gasteiger partial charge in [-0.05, 0) is 55.8 Å². The van der Waals surface area contributed by atoms with E-state index in [0.717, 1.165) is 22.6 Å². The molecule has 0 unspecified atom stereocenters. The van der Waals surface area contributed by atoms with Crippen LogP contribution in [0.4, 0.5) is 0 Å². The molecule has 1 heterocycles. The molecule has 1 aromatic heterocycles. The van der Waals surface area contributed by atoms with E-state index < -0.39 is 5.54 Å². The minimum atomic E-state index is -0.576. The number of nitrogens with two attached hydrogens (primary N) is 1. The number of hydrogen-bond donors (Lipinski definition) is 2. The van der Waals surface area contributed by atoms with Gasteiger partial charge in [0, 0.05) is 17.1 Å². The molecule has 3 N–H and O–H groups in total. The van der Waals surface area contributed by atoms with Crippen LogP contribution in [-0.2, 0) is 12.0 Å². The fraction of sp³-hybridized carbons (Fsp3) is 0.211. The molecule has 0 spiro atoms. The third kappa shape index (κ3) is 3.98. The second-order valence-electron chi connectivity index (χ2n) is 6.59. The largest absolute Gasteiger partial charge is 0.508 e. The first-order valence-electron chi connectivity index (χ1n) is 7.85. The zero-order valence-electron chi connectivity index (χ0n) is 14.0. The molecule has 2 aromatic carbocycles. The number of halogens is 2. The Labute approximate surface area is 156 Å². The van der Waals surface area contributed by atoms with Crippen LogP contribution >= 0.6 is 23.2 Å². The molecule has 0 aliphatic carbocycles. The van der Waals surface area contributed by atoms with Crippen molar-refractivity contribution in [2.45, 2.75) is 25.8 Å². The van der Waals surface area contributed by atoms with Crippen molar-refractivity contribution < 1.29 is 5.11 Å². The number of aromatic hydroxyl groups is 1. The summed E-state index contributed by atoms with van der Waals surface area (Å²) >= 11 is 12.4. The van der Waals surface area contributed by atoms with Crippen molar-refractivity contribution >= 4 is 23.2 Å². The minimum Gasteiger partial charge on any atom is -0.508 e. The molecule has 0 bridgehead atoms. The lowest BCUT2D eigenvalue weighted by molar-refractivity contribution is 0.475. The van der Waals surface area contributed by atoms with Gasteiger partial charge in [0.2, 0.25) is 0 Å². The Morgan fingerprint density at radius 3 is 2.36 bits per heavy atom. The summed E-state index contributed by atoms with van der Waals surface area (Å²) in [6.45, 7) is 3.82. The van der Waals surface area contributed by atoms with Gasteiger partial charge in [-0.1, -0.05) is 35.3 Å². The van der Waals surface area contributed by atoms with Crippen LogP contribution in [0.5, 0.6) is 5.75 Å². The Kier molecular flexibility index (Phi) is 4.78. The van der Waals surface area contributed by atoms with Crippen molar-refractivity contribution in [3.63, 3.8) is 0 Å². The van der Waals surface area contributed by atoms with Crippen molar-refractivity contribution in [2.75, 3.05) is 0 Å². The maximum Gasteiger partial charge on any atom is 0.115 e. The molecular weight excluding hydrogens is 357 g/mol. The van der Waals surface area contributed by atoms with Crippen LogP contribution in [0.2, 0.25) is 10.0 Å². The Morgan fingerprint density at radius 2 is 1.76 bits per heavy atom. The van der Waals surface area contributed by atoms with Gasteiger partial charge in [0.15, 0.2) is 0 Å². The van der Waals surface area contributed by atoms with E-state index >= 15 is 0 Å². The predicted octanol–water partition coefficient (Wildman–Crippen LogP) is 4.67. The summed E-state index contributed by atoms with van der Waals surface area (Å²) in [6.07, 6.45) is 0.627. The summed E-state index contributed by atoms with van der Waals surface area (Å²) in [7, 11) is 0. The fourth-order valence-electron chi connectivity index (χ4n) is 2.55. The van der Waals surface area contributed by atoms with E-state index in [9.17, 15) is 5.11 Å². The molecule has 4 nitrogen and oxygen atoms in total. The third-order valence-corrected chi connectivity index (χ3v) is 4.44. The first-order valence-corrected chi connectivity index (χ1v) is 8.61. The van der Waals surface area contributed by atoms with E-state index in [-0.39, 0.29) is 5.75 Å². The summed E-state index contributed by atoms with van der Waals surface area (Å²) in [5.41, 5.74) is 9.16. The minimum absolute atomic E-state index is 0.238. The van der Waals surface area contributed by atoms with Gasteiger partial charge in [-0.2, -0.15) is 5.10 Å². The van der Waals surface area contributed by atoms with E-state index in [1.165, 1.54) is 0 Å². The number of phenols is 1. The van der Waals surface area contributed by atoms with Crippen molar-refractivity contribution in [3.8, 4) is 11.4 Å². The zero-order valence-corrected chi connectivity index (χ0v) is 15.5. The van der Waals surface area contributed by atoms with Crippen LogP contribution in [0.3, 0.4) is 0 Å². The quantitative estimate of drug-likeness (QED) is 0.696. The molecule has 25 heavy (non-hydrogen) atoms. The molecule has 3 rings (SSSR count). The highest BCUT2D eigenvalue weighted by Gasteiger charge is 2.22. The van der Waals surface area contributed by atoms with Crippen molar-refractivity contribution in [1.82, 2.24) is 9.78 Å². The molecular formula is C19H19Cl2N3O.